The topological polar surface area (TPSA) is 84.9 Å². The fourth-order valence-corrected chi connectivity index (χ4v) is 2.81. The van der Waals surface area contributed by atoms with Crippen molar-refractivity contribution >= 4 is 28.6 Å². The summed E-state index contributed by atoms with van der Waals surface area (Å²) in [6.07, 6.45) is 5.67. The second-order valence-electron chi connectivity index (χ2n) is 6.13. The van der Waals surface area contributed by atoms with Gasteiger partial charge in [0.15, 0.2) is 17.0 Å². The largest absolute Gasteiger partial charge is 0.376 e. The van der Waals surface area contributed by atoms with Crippen LogP contribution in [0.1, 0.15) is 18.4 Å². The van der Waals surface area contributed by atoms with Gasteiger partial charge in [0, 0.05) is 31.2 Å². The van der Waals surface area contributed by atoms with Crippen molar-refractivity contribution in [1.29, 1.82) is 0 Å². The lowest BCUT2D eigenvalue weighted by Crippen LogP contribution is -2.20. The normalized spacial score (nSPS) is 16.9. The Labute approximate surface area is 145 Å². The molecule has 1 aliphatic rings. The van der Waals surface area contributed by atoms with E-state index in [-0.39, 0.29) is 6.10 Å². The van der Waals surface area contributed by atoms with E-state index < -0.39 is 0 Å². The number of nitrogens with one attached hydrogen (secondary N) is 2. The molecule has 0 spiro atoms. The Kier molecular flexibility index (Phi) is 4.39. The molecule has 25 heavy (non-hydrogen) atoms. The summed E-state index contributed by atoms with van der Waals surface area (Å²) in [5, 5.41) is 6.58. The molecular weight excluding hydrogens is 316 g/mol. The molecule has 0 aliphatic carbocycles. The average molecular weight is 336 g/mol. The van der Waals surface area contributed by atoms with Crippen LogP contribution in [-0.2, 0) is 4.74 Å². The molecule has 1 fully saturated rings. The lowest BCUT2D eigenvalue weighted by molar-refractivity contribution is 0.120. The minimum atomic E-state index is 0.217. The summed E-state index contributed by atoms with van der Waals surface area (Å²) in [6, 6.07) is 8.13. The Morgan fingerprint density at radius 1 is 1.12 bits per heavy atom. The summed E-state index contributed by atoms with van der Waals surface area (Å²) in [5.74, 6) is 1.16. The van der Waals surface area contributed by atoms with E-state index in [9.17, 15) is 0 Å². The highest BCUT2D eigenvalue weighted by molar-refractivity contribution is 5.85. The summed E-state index contributed by atoms with van der Waals surface area (Å²) < 4.78 is 5.64. The summed E-state index contributed by atoms with van der Waals surface area (Å²) >= 11 is 0. The van der Waals surface area contributed by atoms with Crippen molar-refractivity contribution in [1.82, 2.24) is 19.9 Å². The fourth-order valence-electron chi connectivity index (χ4n) is 2.81. The van der Waals surface area contributed by atoms with Gasteiger partial charge in [-0.25, -0.2) is 9.97 Å². The molecule has 128 valence electrons. The number of hydrogen-bond donors (Lipinski definition) is 2. The van der Waals surface area contributed by atoms with Crippen LogP contribution in [0.4, 0.5) is 17.5 Å². The van der Waals surface area contributed by atoms with Gasteiger partial charge in [-0.1, -0.05) is 17.7 Å². The van der Waals surface area contributed by atoms with Gasteiger partial charge in [0.05, 0.1) is 6.10 Å². The van der Waals surface area contributed by atoms with Crippen LogP contribution in [0, 0.1) is 6.92 Å². The highest BCUT2D eigenvalue weighted by atomic mass is 16.5. The van der Waals surface area contributed by atoms with Crippen molar-refractivity contribution in [2.24, 2.45) is 0 Å². The van der Waals surface area contributed by atoms with E-state index in [1.165, 1.54) is 5.56 Å². The average Bonchev–Trinajstić information content (AvgIpc) is 3.15. The highest BCUT2D eigenvalue weighted by Crippen LogP contribution is 2.23. The molecule has 7 heteroatoms. The van der Waals surface area contributed by atoms with Crippen LogP contribution in [-0.4, -0.2) is 39.2 Å². The van der Waals surface area contributed by atoms with E-state index in [1.807, 2.05) is 24.3 Å². The zero-order chi connectivity index (χ0) is 17.1. The molecule has 1 aliphatic heterocycles. The van der Waals surface area contributed by atoms with E-state index in [0.717, 1.165) is 25.1 Å². The first-order valence-corrected chi connectivity index (χ1v) is 8.46. The molecule has 3 aromatic rings. The molecular formula is C18H20N6O. The van der Waals surface area contributed by atoms with Crippen molar-refractivity contribution < 1.29 is 4.74 Å². The van der Waals surface area contributed by atoms with Crippen molar-refractivity contribution in [3.05, 3.63) is 42.2 Å². The van der Waals surface area contributed by atoms with Crippen molar-refractivity contribution in [3.8, 4) is 0 Å². The Bertz CT molecular complexity index is 861. The zero-order valence-electron chi connectivity index (χ0n) is 14.1. The molecule has 1 atom stereocenters. The molecule has 0 radical (unpaired) electrons. The van der Waals surface area contributed by atoms with Gasteiger partial charge in [-0.3, -0.25) is 0 Å². The fraction of sp³-hybridized carbons (Fsp3) is 0.333. The minimum absolute atomic E-state index is 0.217. The van der Waals surface area contributed by atoms with Crippen LogP contribution in [0.15, 0.2) is 36.7 Å². The number of benzene rings is 1. The van der Waals surface area contributed by atoms with Gasteiger partial charge < -0.3 is 15.4 Å². The number of fused-ring (bicyclic) bond motifs is 1. The quantitative estimate of drug-likeness (QED) is 0.740. The third-order valence-corrected chi connectivity index (χ3v) is 4.16. The number of anilines is 3. The molecule has 0 bridgehead atoms. The maximum atomic E-state index is 5.64. The van der Waals surface area contributed by atoms with Gasteiger partial charge in [0.1, 0.15) is 0 Å². The maximum absolute atomic E-state index is 5.64. The first-order chi connectivity index (χ1) is 12.3. The van der Waals surface area contributed by atoms with Crippen LogP contribution >= 0.6 is 0 Å². The van der Waals surface area contributed by atoms with Gasteiger partial charge in [-0.2, -0.15) is 9.97 Å². The minimum Gasteiger partial charge on any atom is -0.376 e. The van der Waals surface area contributed by atoms with E-state index in [4.69, 9.17) is 4.74 Å². The maximum Gasteiger partial charge on any atom is 0.226 e. The van der Waals surface area contributed by atoms with Gasteiger partial charge >= 0.3 is 0 Å². The number of nitrogens with zero attached hydrogens (tertiary/aromatic N) is 4. The Hall–Kier alpha value is -2.80. The summed E-state index contributed by atoms with van der Waals surface area (Å²) in [4.78, 5) is 17.7. The van der Waals surface area contributed by atoms with E-state index in [1.54, 1.807) is 12.4 Å². The van der Waals surface area contributed by atoms with Gasteiger partial charge in [-0.15, -0.1) is 0 Å². The molecule has 0 amide bonds. The third-order valence-electron chi connectivity index (χ3n) is 4.16. The van der Waals surface area contributed by atoms with E-state index in [2.05, 4.69) is 37.5 Å². The molecule has 7 nitrogen and oxygen atoms in total. The van der Waals surface area contributed by atoms with Crippen LogP contribution < -0.4 is 10.6 Å². The van der Waals surface area contributed by atoms with Crippen molar-refractivity contribution in [2.75, 3.05) is 23.8 Å². The monoisotopic (exact) mass is 336 g/mol. The molecule has 1 saturated heterocycles. The lowest BCUT2D eigenvalue weighted by atomic mass is 10.2. The number of aromatic nitrogens is 4. The molecule has 4 rings (SSSR count). The number of ether oxygens (including phenoxy) is 1. The van der Waals surface area contributed by atoms with Crippen molar-refractivity contribution in [3.63, 3.8) is 0 Å². The van der Waals surface area contributed by atoms with Gasteiger partial charge in [0.25, 0.3) is 0 Å². The SMILES string of the molecule is Cc1ccc(Nc2nc(NCC3CCCO3)nc3nccnc23)cc1. The van der Waals surface area contributed by atoms with E-state index >= 15 is 0 Å². The summed E-state index contributed by atoms with van der Waals surface area (Å²) in [5.41, 5.74) is 3.35. The van der Waals surface area contributed by atoms with Gasteiger partial charge in [-0.05, 0) is 31.9 Å². The Morgan fingerprint density at radius 3 is 2.76 bits per heavy atom. The third kappa shape index (κ3) is 3.66. The second kappa shape index (κ2) is 6.98. The van der Waals surface area contributed by atoms with Crippen LogP contribution in [0.5, 0.6) is 0 Å². The van der Waals surface area contributed by atoms with E-state index in [0.29, 0.717) is 29.5 Å². The predicted molar refractivity (Wildman–Crippen MR) is 97.1 cm³/mol. The smallest absolute Gasteiger partial charge is 0.226 e. The number of rotatable bonds is 5. The Balaban J connectivity index is 1.62. The van der Waals surface area contributed by atoms with Gasteiger partial charge in [0.2, 0.25) is 5.95 Å². The van der Waals surface area contributed by atoms with Crippen molar-refractivity contribution in [2.45, 2.75) is 25.9 Å². The zero-order valence-corrected chi connectivity index (χ0v) is 14.1. The van der Waals surface area contributed by atoms with Crippen LogP contribution in [0.25, 0.3) is 11.2 Å². The molecule has 1 unspecified atom stereocenters. The first-order valence-electron chi connectivity index (χ1n) is 8.46. The van der Waals surface area contributed by atoms with Crippen LogP contribution in [0.3, 0.4) is 0 Å². The standard InChI is InChI=1S/C18H20N6O/c1-12-4-6-13(7-5-12)22-17-15-16(20-9-8-19-15)23-18(24-17)21-11-14-3-2-10-25-14/h4-9,14H,2-3,10-11H2,1H3,(H2,20,21,22,23,24). The molecule has 0 saturated carbocycles. The highest BCUT2D eigenvalue weighted by Gasteiger charge is 2.16. The molecule has 2 aromatic heterocycles. The predicted octanol–water partition coefficient (Wildman–Crippen LogP) is 3.06. The summed E-state index contributed by atoms with van der Waals surface area (Å²) in [6.45, 7) is 3.58. The Morgan fingerprint density at radius 2 is 1.96 bits per heavy atom. The number of aryl methyl sites for hydroxylation is 1. The first kappa shape index (κ1) is 15.7. The molecule has 2 N–H and O–H groups in total. The second-order valence-corrected chi connectivity index (χ2v) is 6.13. The lowest BCUT2D eigenvalue weighted by Gasteiger charge is -2.13. The number of hydrogen-bond acceptors (Lipinski definition) is 7. The summed E-state index contributed by atoms with van der Waals surface area (Å²) in [7, 11) is 0. The van der Waals surface area contributed by atoms with Crippen LogP contribution in [0.2, 0.25) is 0 Å². The molecule has 1 aromatic carbocycles. The molecule has 3 heterocycles.